The fraction of sp³-hybridized carbons (Fsp3) is 0.500. The van der Waals surface area contributed by atoms with Crippen LogP contribution in [0.4, 0.5) is 0 Å². The quantitative estimate of drug-likeness (QED) is 0.388. The zero-order valence-electron chi connectivity index (χ0n) is 17.3. The van der Waals surface area contributed by atoms with Crippen LogP contribution >= 0.6 is 0 Å². The summed E-state index contributed by atoms with van der Waals surface area (Å²) in [5.41, 5.74) is 1.35. The van der Waals surface area contributed by atoms with Gasteiger partial charge in [0.25, 0.3) is 0 Å². The third-order valence-electron chi connectivity index (χ3n) is 5.36. The monoisotopic (exact) mass is 400 g/mol. The molecule has 1 unspecified atom stereocenters. The first-order chi connectivity index (χ1) is 14.0. The zero-order valence-corrected chi connectivity index (χ0v) is 17.3. The molecule has 1 saturated carbocycles. The van der Waals surface area contributed by atoms with Crippen molar-refractivity contribution >= 4 is 11.9 Å². The Hall–Kier alpha value is -2.56. The van der Waals surface area contributed by atoms with Crippen LogP contribution in [-0.4, -0.2) is 31.3 Å². The van der Waals surface area contributed by atoms with Gasteiger partial charge in [0.2, 0.25) is 0 Å². The first-order valence-electron chi connectivity index (χ1n) is 10.4. The lowest BCUT2D eigenvalue weighted by Gasteiger charge is -2.28. The molecule has 1 atom stereocenters. The Morgan fingerprint density at radius 1 is 1.03 bits per heavy atom. The second-order valence-corrected chi connectivity index (χ2v) is 7.48. The standard InChI is InChI=1S/C24H32O5/c1-4-7-18-8-10-19(11-9-18)20-12-14-21(15-13-20)27-16-22(29-24(26)6-3)17-28-23(25)5-2/h5-6,12-15,18-19,22H,2-4,7-11,16-17H2,1H3. The minimum atomic E-state index is -0.724. The summed E-state index contributed by atoms with van der Waals surface area (Å²) in [4.78, 5) is 22.7. The van der Waals surface area contributed by atoms with Gasteiger partial charge in [-0.25, -0.2) is 9.59 Å². The molecular weight excluding hydrogens is 368 g/mol. The SMILES string of the molecule is C=CC(=O)OCC(COc1ccc(C2CCC(CCC)CC2)cc1)OC(=O)C=C. The normalized spacial score (nSPS) is 19.6. The molecule has 1 aliphatic rings. The van der Waals surface area contributed by atoms with Gasteiger partial charge in [-0.1, -0.05) is 45.1 Å². The molecule has 0 saturated heterocycles. The highest BCUT2D eigenvalue weighted by atomic mass is 16.6. The molecule has 0 heterocycles. The zero-order chi connectivity index (χ0) is 21.1. The van der Waals surface area contributed by atoms with Crippen molar-refractivity contribution in [2.24, 2.45) is 5.92 Å². The molecule has 29 heavy (non-hydrogen) atoms. The van der Waals surface area contributed by atoms with Gasteiger partial charge in [0.05, 0.1) is 0 Å². The number of carbonyl (C=O) groups is 2. The summed E-state index contributed by atoms with van der Waals surface area (Å²) in [6, 6.07) is 8.11. The van der Waals surface area contributed by atoms with E-state index in [9.17, 15) is 9.59 Å². The molecule has 1 aromatic rings. The fourth-order valence-corrected chi connectivity index (χ4v) is 3.78. The number of hydrogen-bond acceptors (Lipinski definition) is 5. The van der Waals surface area contributed by atoms with Crippen LogP contribution < -0.4 is 4.74 Å². The van der Waals surface area contributed by atoms with Crippen LogP contribution in [0.15, 0.2) is 49.6 Å². The Morgan fingerprint density at radius 2 is 1.69 bits per heavy atom. The topological polar surface area (TPSA) is 61.8 Å². The van der Waals surface area contributed by atoms with E-state index in [1.54, 1.807) is 0 Å². The molecule has 2 rings (SSSR count). The van der Waals surface area contributed by atoms with Crippen LogP contribution in [0.1, 0.15) is 56.9 Å². The molecule has 0 spiro atoms. The predicted molar refractivity (Wildman–Crippen MR) is 113 cm³/mol. The van der Waals surface area contributed by atoms with E-state index >= 15 is 0 Å². The van der Waals surface area contributed by atoms with Crippen molar-refractivity contribution in [2.75, 3.05) is 13.2 Å². The summed E-state index contributed by atoms with van der Waals surface area (Å²) in [7, 11) is 0. The lowest BCUT2D eigenvalue weighted by atomic mass is 9.77. The Kier molecular flexibility index (Phi) is 9.48. The smallest absolute Gasteiger partial charge is 0.330 e. The average Bonchev–Trinajstić information content (AvgIpc) is 2.76. The minimum Gasteiger partial charge on any atom is -0.490 e. The summed E-state index contributed by atoms with van der Waals surface area (Å²) in [5.74, 6) is 1.02. The lowest BCUT2D eigenvalue weighted by Crippen LogP contribution is -2.30. The molecule has 1 aromatic carbocycles. The minimum absolute atomic E-state index is 0.0749. The highest BCUT2D eigenvalue weighted by molar-refractivity contribution is 5.82. The van der Waals surface area contributed by atoms with Crippen molar-refractivity contribution in [1.29, 1.82) is 0 Å². The van der Waals surface area contributed by atoms with Crippen molar-refractivity contribution in [2.45, 2.75) is 57.5 Å². The first kappa shape index (κ1) is 22.7. The summed E-state index contributed by atoms with van der Waals surface area (Å²) in [6.45, 7) is 8.94. The van der Waals surface area contributed by atoms with Gasteiger partial charge in [-0.05, 0) is 55.2 Å². The largest absolute Gasteiger partial charge is 0.490 e. The highest BCUT2D eigenvalue weighted by Gasteiger charge is 2.22. The lowest BCUT2D eigenvalue weighted by molar-refractivity contribution is -0.154. The maximum Gasteiger partial charge on any atom is 0.330 e. The van der Waals surface area contributed by atoms with Crippen LogP contribution in [0.2, 0.25) is 0 Å². The average molecular weight is 401 g/mol. The van der Waals surface area contributed by atoms with Gasteiger partial charge in [0.15, 0.2) is 6.10 Å². The number of hydrogen-bond donors (Lipinski definition) is 0. The van der Waals surface area contributed by atoms with Gasteiger partial charge in [-0.15, -0.1) is 0 Å². The van der Waals surface area contributed by atoms with E-state index < -0.39 is 18.0 Å². The molecule has 1 aliphatic carbocycles. The van der Waals surface area contributed by atoms with Crippen LogP contribution in [0.5, 0.6) is 5.75 Å². The molecule has 0 aliphatic heterocycles. The van der Waals surface area contributed by atoms with E-state index in [-0.39, 0.29) is 13.2 Å². The number of rotatable bonds is 11. The fourth-order valence-electron chi connectivity index (χ4n) is 3.78. The summed E-state index contributed by atoms with van der Waals surface area (Å²) < 4.78 is 15.9. The van der Waals surface area contributed by atoms with E-state index in [1.807, 2.05) is 12.1 Å². The van der Waals surface area contributed by atoms with Crippen molar-refractivity contribution in [3.63, 3.8) is 0 Å². The predicted octanol–water partition coefficient (Wildman–Crippen LogP) is 4.97. The Balaban J connectivity index is 1.86. The molecule has 0 amide bonds. The molecule has 0 aromatic heterocycles. The van der Waals surface area contributed by atoms with Crippen LogP contribution in [0.3, 0.4) is 0 Å². The van der Waals surface area contributed by atoms with Gasteiger partial charge in [0, 0.05) is 12.2 Å². The van der Waals surface area contributed by atoms with Gasteiger partial charge >= 0.3 is 11.9 Å². The van der Waals surface area contributed by atoms with E-state index in [4.69, 9.17) is 14.2 Å². The third-order valence-corrected chi connectivity index (χ3v) is 5.36. The van der Waals surface area contributed by atoms with Gasteiger partial charge in [-0.3, -0.25) is 0 Å². The Morgan fingerprint density at radius 3 is 2.28 bits per heavy atom. The highest BCUT2D eigenvalue weighted by Crippen LogP contribution is 2.37. The van der Waals surface area contributed by atoms with E-state index in [2.05, 4.69) is 32.2 Å². The molecule has 0 N–H and O–H groups in total. The number of carbonyl (C=O) groups excluding carboxylic acids is 2. The van der Waals surface area contributed by atoms with E-state index in [1.165, 1.54) is 44.1 Å². The van der Waals surface area contributed by atoms with Crippen molar-refractivity contribution < 1.29 is 23.8 Å². The van der Waals surface area contributed by atoms with Crippen molar-refractivity contribution in [3.05, 3.63) is 55.1 Å². The molecule has 1 fully saturated rings. The molecule has 5 nitrogen and oxygen atoms in total. The second kappa shape index (κ2) is 12.1. The van der Waals surface area contributed by atoms with Crippen LogP contribution in [-0.2, 0) is 19.1 Å². The van der Waals surface area contributed by atoms with E-state index in [0.29, 0.717) is 11.7 Å². The second-order valence-electron chi connectivity index (χ2n) is 7.48. The summed E-state index contributed by atoms with van der Waals surface area (Å²) >= 11 is 0. The maximum absolute atomic E-state index is 11.5. The maximum atomic E-state index is 11.5. The first-order valence-corrected chi connectivity index (χ1v) is 10.4. The molecule has 5 heteroatoms. The van der Waals surface area contributed by atoms with Crippen molar-refractivity contribution in [3.8, 4) is 5.75 Å². The van der Waals surface area contributed by atoms with Crippen LogP contribution in [0.25, 0.3) is 0 Å². The van der Waals surface area contributed by atoms with Crippen LogP contribution in [0, 0.1) is 5.92 Å². The van der Waals surface area contributed by atoms with Gasteiger partial charge in [0.1, 0.15) is 19.0 Å². The molecule has 0 radical (unpaired) electrons. The molecule has 0 bridgehead atoms. The van der Waals surface area contributed by atoms with Gasteiger partial charge < -0.3 is 14.2 Å². The molecule has 158 valence electrons. The number of benzene rings is 1. The van der Waals surface area contributed by atoms with Gasteiger partial charge in [-0.2, -0.15) is 0 Å². The Bertz CT molecular complexity index is 671. The number of ether oxygens (including phenoxy) is 3. The summed E-state index contributed by atoms with van der Waals surface area (Å²) in [6.07, 6.45) is 9.15. The van der Waals surface area contributed by atoms with Crippen molar-refractivity contribution in [1.82, 2.24) is 0 Å². The summed E-state index contributed by atoms with van der Waals surface area (Å²) in [5, 5.41) is 0. The third kappa shape index (κ3) is 7.76. The Labute approximate surface area is 173 Å². The number of esters is 2. The van der Waals surface area contributed by atoms with E-state index in [0.717, 1.165) is 18.1 Å². The molecular formula is C24H32O5.